The Labute approximate surface area is 238 Å². The van der Waals surface area contributed by atoms with Gasteiger partial charge < -0.3 is 24.5 Å². The Hall–Kier alpha value is -3.50. The molecule has 3 aromatic carbocycles. The Balaban J connectivity index is 1.42. The minimum absolute atomic E-state index is 0.00284. The lowest BCUT2D eigenvalue weighted by Crippen LogP contribution is -2.38. The molecule has 0 bridgehead atoms. The van der Waals surface area contributed by atoms with Gasteiger partial charge in [-0.15, -0.1) is 10.2 Å². The summed E-state index contributed by atoms with van der Waals surface area (Å²) in [5.74, 6) is 0.718. The van der Waals surface area contributed by atoms with E-state index in [2.05, 4.69) is 46.7 Å². The van der Waals surface area contributed by atoms with Gasteiger partial charge in [0.05, 0.1) is 18.8 Å². The van der Waals surface area contributed by atoms with E-state index in [-0.39, 0.29) is 30.6 Å². The summed E-state index contributed by atoms with van der Waals surface area (Å²) in [6, 6.07) is 24.3. The number of hydrogen-bond donors (Lipinski definition) is 2. The minimum Gasteiger partial charge on any atom is -0.392 e. The third-order valence-electron chi connectivity index (χ3n) is 7.13. The lowest BCUT2D eigenvalue weighted by Gasteiger charge is -2.41. The number of nitrogens with one attached hydrogen (secondary N) is 1. The number of benzene rings is 3. The monoisotopic (exact) mass is 558 g/mol. The number of hydrogen-bond acceptors (Lipinski definition) is 7. The molecule has 1 amide bonds. The summed E-state index contributed by atoms with van der Waals surface area (Å²) in [4.78, 5) is 11.4. The molecule has 40 heavy (non-hydrogen) atoms. The lowest BCUT2D eigenvalue weighted by atomic mass is 9.91. The Bertz CT molecular complexity index is 1440. The molecule has 208 valence electrons. The van der Waals surface area contributed by atoms with Crippen molar-refractivity contribution < 1.29 is 19.4 Å². The van der Waals surface area contributed by atoms with Crippen LogP contribution in [0.2, 0.25) is 0 Å². The van der Waals surface area contributed by atoms with Gasteiger partial charge in [0.15, 0.2) is 11.4 Å². The number of nitrogens with zero attached hydrogens (tertiary/aromatic N) is 3. The second kappa shape index (κ2) is 12.8. The third-order valence-corrected chi connectivity index (χ3v) is 8.25. The van der Waals surface area contributed by atoms with Crippen LogP contribution in [0.25, 0.3) is 11.1 Å². The van der Waals surface area contributed by atoms with Crippen LogP contribution in [0, 0.1) is 5.92 Å². The van der Waals surface area contributed by atoms with Crippen molar-refractivity contribution >= 4 is 17.7 Å². The molecule has 0 saturated carbocycles. The van der Waals surface area contributed by atoms with Crippen LogP contribution in [0.1, 0.15) is 48.5 Å². The number of ether oxygens (including phenoxy) is 2. The van der Waals surface area contributed by atoms with Crippen molar-refractivity contribution in [1.29, 1.82) is 0 Å². The number of aliphatic hydroxyl groups excluding tert-OH is 1. The normalized spacial score (nSPS) is 20.8. The number of carbonyl (C=O) groups excluding carboxylic acids is 1. The van der Waals surface area contributed by atoms with Crippen molar-refractivity contribution in [3.63, 3.8) is 0 Å². The molecule has 0 aliphatic carbocycles. The first kappa shape index (κ1) is 28.0. The first-order valence-electron chi connectivity index (χ1n) is 13.3. The van der Waals surface area contributed by atoms with E-state index in [0.29, 0.717) is 12.3 Å². The van der Waals surface area contributed by atoms with Crippen LogP contribution < -0.4 is 5.32 Å². The molecule has 1 fully saturated rings. The maximum Gasteiger partial charge on any atom is 0.217 e. The number of thioether (sulfide) groups is 1. The van der Waals surface area contributed by atoms with Crippen LogP contribution in [0.4, 0.5) is 0 Å². The topological polar surface area (TPSA) is 98.5 Å². The fraction of sp³-hybridized carbons (Fsp3) is 0.323. The molecule has 0 radical (unpaired) electrons. The van der Waals surface area contributed by atoms with Gasteiger partial charge in [-0.1, -0.05) is 79.3 Å². The second-order valence-corrected chi connectivity index (χ2v) is 11.1. The molecule has 5 rings (SSSR count). The van der Waals surface area contributed by atoms with E-state index in [1.807, 2.05) is 60.1 Å². The first-order valence-corrected chi connectivity index (χ1v) is 14.3. The zero-order chi connectivity index (χ0) is 28.1. The molecule has 1 aromatic heterocycles. The average Bonchev–Trinajstić information content (AvgIpc) is 3.40. The van der Waals surface area contributed by atoms with E-state index >= 15 is 0 Å². The molecule has 2 heterocycles. The van der Waals surface area contributed by atoms with Gasteiger partial charge in [0.2, 0.25) is 5.91 Å². The molecule has 1 aliphatic rings. The maximum absolute atomic E-state index is 11.4. The molecule has 2 N–H and O–H groups in total. The number of amides is 1. The molecule has 1 aliphatic heterocycles. The largest absolute Gasteiger partial charge is 0.392 e. The molecular weight excluding hydrogens is 524 g/mol. The highest BCUT2D eigenvalue weighted by Gasteiger charge is 2.38. The zero-order valence-electron chi connectivity index (χ0n) is 22.9. The van der Waals surface area contributed by atoms with Crippen molar-refractivity contribution in [3.05, 3.63) is 101 Å². The molecule has 8 nitrogen and oxygen atoms in total. The van der Waals surface area contributed by atoms with E-state index in [1.54, 1.807) is 18.1 Å². The van der Waals surface area contributed by atoms with Crippen LogP contribution in [-0.2, 0) is 34.5 Å². The molecule has 4 aromatic rings. The van der Waals surface area contributed by atoms with Gasteiger partial charge in [0.25, 0.3) is 0 Å². The second-order valence-electron chi connectivity index (χ2n) is 10.1. The highest BCUT2D eigenvalue weighted by atomic mass is 32.2. The number of aryl methyl sites for hydroxylation is 1. The van der Waals surface area contributed by atoms with Gasteiger partial charge in [0, 0.05) is 37.8 Å². The molecular formula is C31H34N4O4S. The van der Waals surface area contributed by atoms with E-state index in [1.165, 1.54) is 6.92 Å². The SMILES string of the molecule is CC(=O)NCc1cccc(-c2cccc([C@H]3O[C@@H](CSc4nncn4C)[C@@H](C)[C@@H](c4ccc(CO)cc4)O3)c2)c1. The lowest BCUT2D eigenvalue weighted by molar-refractivity contribution is -0.268. The van der Waals surface area contributed by atoms with Gasteiger partial charge in [0.1, 0.15) is 6.33 Å². The Morgan fingerprint density at radius 1 is 1.00 bits per heavy atom. The van der Waals surface area contributed by atoms with Gasteiger partial charge in [-0.05, 0) is 39.9 Å². The van der Waals surface area contributed by atoms with Crippen LogP contribution >= 0.6 is 11.8 Å². The van der Waals surface area contributed by atoms with Crippen molar-refractivity contribution in [2.24, 2.45) is 13.0 Å². The van der Waals surface area contributed by atoms with E-state index < -0.39 is 6.29 Å². The minimum atomic E-state index is -0.564. The molecule has 9 heteroatoms. The summed E-state index contributed by atoms with van der Waals surface area (Å²) in [5.41, 5.74) is 5.98. The first-order chi connectivity index (χ1) is 19.4. The van der Waals surface area contributed by atoms with Crippen molar-refractivity contribution in [3.8, 4) is 11.1 Å². The summed E-state index contributed by atoms with van der Waals surface area (Å²) >= 11 is 1.62. The Morgan fingerprint density at radius 2 is 1.75 bits per heavy atom. The van der Waals surface area contributed by atoms with E-state index in [0.717, 1.165) is 38.5 Å². The standard InChI is InChI=1S/C31H34N4O4S/c1-20-28(18-40-31-34-33-19-35(31)3)38-30(39-29(20)24-12-10-22(17-36)11-13-24)27-9-5-8-26(15-27)25-7-4-6-23(14-25)16-32-21(2)37/h4-15,19-20,28-30,36H,16-18H2,1-3H3,(H,32,37)/t20-,28+,29+,30+/m1/s1. The quantitative estimate of drug-likeness (QED) is 0.273. The molecule has 0 spiro atoms. The van der Waals surface area contributed by atoms with Crippen molar-refractivity contribution in [1.82, 2.24) is 20.1 Å². The number of aromatic nitrogens is 3. The summed E-state index contributed by atoms with van der Waals surface area (Å²) in [6.07, 6.45) is 0.835. The van der Waals surface area contributed by atoms with Crippen LogP contribution in [0.15, 0.2) is 84.3 Å². The molecule has 0 unspecified atom stereocenters. The number of aliphatic hydroxyl groups is 1. The molecule has 1 saturated heterocycles. The maximum atomic E-state index is 11.4. The fourth-order valence-electron chi connectivity index (χ4n) is 4.82. The highest BCUT2D eigenvalue weighted by molar-refractivity contribution is 7.99. The summed E-state index contributed by atoms with van der Waals surface area (Å²) in [5, 5.41) is 21.4. The van der Waals surface area contributed by atoms with Gasteiger partial charge in [-0.2, -0.15) is 0 Å². The summed E-state index contributed by atoms with van der Waals surface area (Å²) in [7, 11) is 1.93. The van der Waals surface area contributed by atoms with E-state index in [4.69, 9.17) is 9.47 Å². The number of rotatable bonds is 9. The fourth-order valence-corrected chi connectivity index (χ4v) is 5.87. The van der Waals surface area contributed by atoms with Crippen molar-refractivity contribution in [2.45, 2.75) is 50.7 Å². The van der Waals surface area contributed by atoms with Crippen LogP contribution in [0.5, 0.6) is 0 Å². The van der Waals surface area contributed by atoms with Gasteiger partial charge in [-0.25, -0.2) is 0 Å². The van der Waals surface area contributed by atoms with Gasteiger partial charge >= 0.3 is 0 Å². The summed E-state index contributed by atoms with van der Waals surface area (Å²) in [6.45, 7) is 4.16. The smallest absolute Gasteiger partial charge is 0.217 e. The van der Waals surface area contributed by atoms with Gasteiger partial charge in [-0.3, -0.25) is 4.79 Å². The summed E-state index contributed by atoms with van der Waals surface area (Å²) < 4.78 is 15.2. The zero-order valence-corrected chi connectivity index (χ0v) is 23.7. The highest BCUT2D eigenvalue weighted by Crippen LogP contribution is 2.43. The number of carbonyl (C=O) groups is 1. The van der Waals surface area contributed by atoms with Crippen molar-refractivity contribution in [2.75, 3.05) is 5.75 Å². The predicted octanol–water partition coefficient (Wildman–Crippen LogP) is 5.19. The van der Waals surface area contributed by atoms with Crippen LogP contribution in [0.3, 0.4) is 0 Å². The molecule has 4 atom stereocenters. The van der Waals surface area contributed by atoms with E-state index in [9.17, 15) is 9.90 Å². The Morgan fingerprint density at radius 3 is 2.45 bits per heavy atom. The predicted molar refractivity (Wildman–Crippen MR) is 154 cm³/mol. The third kappa shape index (κ3) is 6.62. The Kier molecular flexibility index (Phi) is 8.96. The average molecular weight is 559 g/mol. The van der Waals surface area contributed by atoms with Crippen LogP contribution in [-0.4, -0.2) is 37.6 Å².